The molecule has 2 aromatic heterocycles. The van der Waals surface area contributed by atoms with Crippen LogP contribution >= 0.6 is 11.3 Å². The summed E-state index contributed by atoms with van der Waals surface area (Å²) in [6.45, 7) is 6.52. The molecule has 3 heterocycles. The van der Waals surface area contributed by atoms with Crippen LogP contribution < -0.4 is 0 Å². The summed E-state index contributed by atoms with van der Waals surface area (Å²) in [5.74, 6) is 0.0894. The van der Waals surface area contributed by atoms with Gasteiger partial charge in [-0.15, -0.1) is 11.3 Å². The van der Waals surface area contributed by atoms with Gasteiger partial charge in [0.25, 0.3) is 11.8 Å². The molecule has 6 heteroatoms. The highest BCUT2D eigenvalue weighted by Crippen LogP contribution is 2.27. The van der Waals surface area contributed by atoms with Gasteiger partial charge >= 0.3 is 0 Å². The third kappa shape index (κ3) is 3.14. The molecule has 5 nitrogen and oxygen atoms in total. The number of hydrogen-bond acceptors (Lipinski definition) is 3. The number of aromatic nitrogens is 1. The SMILES string of the molecule is CCn1c(C(=O)N2CCN(C(=O)c3ccccc3)[C@@H](C)C2)cc2ccsc21. The number of thiophene rings is 1. The Morgan fingerprint density at radius 3 is 2.59 bits per heavy atom. The summed E-state index contributed by atoms with van der Waals surface area (Å²) in [5, 5.41) is 3.18. The van der Waals surface area contributed by atoms with Crippen LogP contribution in [-0.4, -0.2) is 51.9 Å². The van der Waals surface area contributed by atoms with E-state index in [2.05, 4.69) is 22.9 Å². The minimum Gasteiger partial charge on any atom is -0.334 e. The van der Waals surface area contributed by atoms with Gasteiger partial charge in [0, 0.05) is 43.2 Å². The minimum atomic E-state index is -0.0124. The number of piperazine rings is 1. The number of rotatable bonds is 3. The van der Waals surface area contributed by atoms with Crippen molar-refractivity contribution in [2.24, 2.45) is 0 Å². The third-order valence-electron chi connectivity index (χ3n) is 5.23. The van der Waals surface area contributed by atoms with Gasteiger partial charge in [0.1, 0.15) is 10.5 Å². The molecule has 0 unspecified atom stereocenters. The van der Waals surface area contributed by atoms with Gasteiger partial charge in [-0.05, 0) is 43.5 Å². The molecule has 27 heavy (non-hydrogen) atoms. The number of aryl methyl sites for hydroxylation is 1. The maximum absolute atomic E-state index is 13.1. The first kappa shape index (κ1) is 17.8. The fourth-order valence-corrected chi connectivity index (χ4v) is 4.78. The second-order valence-corrected chi connectivity index (χ2v) is 7.81. The smallest absolute Gasteiger partial charge is 0.270 e. The second kappa shape index (κ2) is 7.19. The van der Waals surface area contributed by atoms with Crippen LogP contribution in [0.25, 0.3) is 10.2 Å². The van der Waals surface area contributed by atoms with Gasteiger partial charge in [-0.25, -0.2) is 0 Å². The fraction of sp³-hybridized carbons (Fsp3) is 0.333. The monoisotopic (exact) mass is 381 g/mol. The molecule has 2 amide bonds. The molecule has 140 valence electrons. The van der Waals surface area contributed by atoms with E-state index in [9.17, 15) is 9.59 Å². The Hall–Kier alpha value is -2.60. The van der Waals surface area contributed by atoms with Gasteiger partial charge < -0.3 is 14.4 Å². The van der Waals surface area contributed by atoms with E-state index in [4.69, 9.17) is 0 Å². The Labute approximate surface area is 162 Å². The molecule has 0 saturated carbocycles. The lowest BCUT2D eigenvalue weighted by atomic mass is 10.1. The van der Waals surface area contributed by atoms with Crippen LogP contribution in [0.3, 0.4) is 0 Å². The van der Waals surface area contributed by atoms with Gasteiger partial charge in [-0.2, -0.15) is 0 Å². The van der Waals surface area contributed by atoms with E-state index in [0.29, 0.717) is 25.2 Å². The zero-order valence-electron chi connectivity index (χ0n) is 15.6. The summed E-state index contributed by atoms with van der Waals surface area (Å²) in [4.78, 5) is 30.8. The number of fused-ring (bicyclic) bond motifs is 1. The van der Waals surface area contributed by atoms with Crippen molar-refractivity contribution in [3.63, 3.8) is 0 Å². The molecule has 0 bridgehead atoms. The van der Waals surface area contributed by atoms with Crippen molar-refractivity contribution >= 4 is 33.4 Å². The van der Waals surface area contributed by atoms with Crippen LogP contribution in [0.1, 0.15) is 34.7 Å². The summed E-state index contributed by atoms with van der Waals surface area (Å²) in [7, 11) is 0. The van der Waals surface area contributed by atoms with Gasteiger partial charge in [0.15, 0.2) is 0 Å². The Balaban J connectivity index is 1.51. The predicted molar refractivity (Wildman–Crippen MR) is 108 cm³/mol. The number of nitrogens with zero attached hydrogens (tertiary/aromatic N) is 3. The summed E-state index contributed by atoms with van der Waals surface area (Å²) >= 11 is 1.67. The van der Waals surface area contributed by atoms with Crippen molar-refractivity contribution in [1.29, 1.82) is 0 Å². The van der Waals surface area contributed by atoms with Gasteiger partial charge in [0.05, 0.1) is 0 Å². The zero-order chi connectivity index (χ0) is 19.0. The standard InChI is InChI=1S/C21H23N3O2S/c1-3-23-18(13-17-9-12-27-21(17)23)20(26)22-10-11-24(15(2)14-22)19(25)16-7-5-4-6-8-16/h4-9,12-13,15H,3,10-11,14H2,1-2H3/t15-/m0/s1. The largest absolute Gasteiger partial charge is 0.334 e. The van der Waals surface area contributed by atoms with Crippen LogP contribution in [0, 0.1) is 0 Å². The van der Waals surface area contributed by atoms with E-state index in [-0.39, 0.29) is 17.9 Å². The first-order valence-corrected chi connectivity index (χ1v) is 10.2. The Kier molecular flexibility index (Phi) is 4.74. The topological polar surface area (TPSA) is 45.6 Å². The molecule has 0 N–H and O–H groups in total. The lowest BCUT2D eigenvalue weighted by Crippen LogP contribution is -2.55. The molecule has 4 rings (SSSR count). The van der Waals surface area contributed by atoms with Gasteiger partial charge in [-0.1, -0.05) is 18.2 Å². The average molecular weight is 382 g/mol. The maximum Gasteiger partial charge on any atom is 0.270 e. The van der Waals surface area contributed by atoms with Crippen molar-refractivity contribution in [1.82, 2.24) is 14.4 Å². The summed E-state index contributed by atoms with van der Waals surface area (Å²) in [5.41, 5.74) is 1.44. The molecule has 0 aliphatic carbocycles. The van der Waals surface area contributed by atoms with Crippen LogP contribution in [0.4, 0.5) is 0 Å². The van der Waals surface area contributed by atoms with Gasteiger partial charge in [-0.3, -0.25) is 9.59 Å². The number of carbonyl (C=O) groups is 2. The summed E-state index contributed by atoms with van der Waals surface area (Å²) in [6.07, 6.45) is 0. The molecule has 1 fully saturated rings. The zero-order valence-corrected chi connectivity index (χ0v) is 16.4. The average Bonchev–Trinajstić information content (AvgIpc) is 3.28. The molecule has 1 saturated heterocycles. The molecule has 1 aromatic carbocycles. The van der Waals surface area contributed by atoms with Crippen molar-refractivity contribution in [2.75, 3.05) is 19.6 Å². The van der Waals surface area contributed by atoms with E-state index in [1.807, 2.05) is 53.1 Å². The highest BCUT2D eigenvalue weighted by atomic mass is 32.1. The van der Waals surface area contributed by atoms with E-state index >= 15 is 0 Å². The molecular formula is C21H23N3O2S. The summed E-state index contributed by atoms with van der Waals surface area (Å²) < 4.78 is 2.09. The summed E-state index contributed by atoms with van der Waals surface area (Å²) in [6, 6.07) is 13.4. The highest BCUT2D eigenvalue weighted by molar-refractivity contribution is 7.16. The quantitative estimate of drug-likeness (QED) is 0.694. The van der Waals surface area contributed by atoms with Gasteiger partial charge in [0.2, 0.25) is 0 Å². The second-order valence-electron chi connectivity index (χ2n) is 6.92. The Morgan fingerprint density at radius 1 is 1.11 bits per heavy atom. The van der Waals surface area contributed by atoms with Crippen LogP contribution in [0.5, 0.6) is 0 Å². The Morgan fingerprint density at radius 2 is 1.89 bits per heavy atom. The molecule has 3 aromatic rings. The number of hydrogen-bond donors (Lipinski definition) is 0. The molecule has 1 atom stereocenters. The molecule has 0 radical (unpaired) electrons. The molecule has 1 aliphatic heterocycles. The molecule has 1 aliphatic rings. The lowest BCUT2D eigenvalue weighted by molar-refractivity contribution is 0.0409. The van der Waals surface area contributed by atoms with Crippen LogP contribution in [0.2, 0.25) is 0 Å². The fourth-order valence-electron chi connectivity index (χ4n) is 3.82. The number of carbonyl (C=O) groups excluding carboxylic acids is 2. The van der Waals surface area contributed by atoms with Crippen molar-refractivity contribution in [3.05, 3.63) is 59.1 Å². The predicted octanol–water partition coefficient (Wildman–Crippen LogP) is 3.71. The van der Waals surface area contributed by atoms with E-state index in [1.54, 1.807) is 11.3 Å². The first-order valence-electron chi connectivity index (χ1n) is 9.32. The number of benzene rings is 1. The van der Waals surface area contributed by atoms with Crippen molar-refractivity contribution in [3.8, 4) is 0 Å². The van der Waals surface area contributed by atoms with E-state index < -0.39 is 0 Å². The molecule has 0 spiro atoms. The van der Waals surface area contributed by atoms with Crippen LogP contribution in [-0.2, 0) is 6.54 Å². The van der Waals surface area contributed by atoms with E-state index in [1.165, 1.54) is 0 Å². The maximum atomic E-state index is 13.1. The normalized spacial score (nSPS) is 17.5. The first-order chi connectivity index (χ1) is 13.1. The minimum absolute atomic E-state index is 0.0124. The van der Waals surface area contributed by atoms with E-state index in [0.717, 1.165) is 22.5 Å². The number of amides is 2. The Bertz CT molecular complexity index is 976. The third-order valence-corrected chi connectivity index (χ3v) is 6.19. The lowest BCUT2D eigenvalue weighted by Gasteiger charge is -2.40. The molecular weight excluding hydrogens is 358 g/mol. The highest BCUT2D eigenvalue weighted by Gasteiger charge is 2.31. The van der Waals surface area contributed by atoms with Crippen molar-refractivity contribution < 1.29 is 9.59 Å². The van der Waals surface area contributed by atoms with Crippen molar-refractivity contribution in [2.45, 2.75) is 26.4 Å². The van der Waals surface area contributed by atoms with Crippen LogP contribution in [0.15, 0.2) is 47.8 Å².